The third-order valence-corrected chi connectivity index (χ3v) is 2.25. The number of benzene rings is 1. The third kappa shape index (κ3) is 3.77. The van der Waals surface area contributed by atoms with Gasteiger partial charge in [-0.2, -0.15) is 0 Å². The molecule has 0 radical (unpaired) electrons. The van der Waals surface area contributed by atoms with Crippen molar-refractivity contribution in [2.75, 3.05) is 6.61 Å². The highest BCUT2D eigenvalue weighted by molar-refractivity contribution is 6.40. The molecule has 0 spiro atoms. The van der Waals surface area contributed by atoms with E-state index in [0.29, 0.717) is 5.56 Å². The van der Waals surface area contributed by atoms with Gasteiger partial charge in [0, 0.05) is 0 Å². The normalized spacial score (nSPS) is 10.4. The molecule has 0 fully saturated rings. The van der Waals surface area contributed by atoms with Crippen molar-refractivity contribution in [2.24, 2.45) is 0 Å². The number of ketones is 1. The number of halogens is 1. The quantitative estimate of drug-likeness (QED) is 0.468. The summed E-state index contributed by atoms with van der Waals surface area (Å²) in [5, 5.41) is 0. The second kappa shape index (κ2) is 6.31. The Morgan fingerprint density at radius 2 is 1.95 bits per heavy atom. The second-order valence-corrected chi connectivity index (χ2v) is 4.34. The van der Waals surface area contributed by atoms with E-state index in [1.165, 1.54) is 12.1 Å². The van der Waals surface area contributed by atoms with E-state index < -0.39 is 17.6 Å². The molecule has 0 aromatic heterocycles. The van der Waals surface area contributed by atoms with Crippen LogP contribution in [0.15, 0.2) is 12.1 Å². The fraction of sp³-hybridized carbons (Fsp3) is 0.429. The van der Waals surface area contributed by atoms with Gasteiger partial charge in [-0.05, 0) is 45.4 Å². The minimum Gasteiger partial charge on any atom is -0.488 e. The van der Waals surface area contributed by atoms with Crippen LogP contribution < -0.4 is 4.74 Å². The molecule has 0 bridgehead atoms. The molecule has 0 saturated carbocycles. The van der Waals surface area contributed by atoms with Gasteiger partial charge in [0.15, 0.2) is 11.6 Å². The maximum absolute atomic E-state index is 14.1. The number of ether oxygens (including phenoxy) is 2. The largest absolute Gasteiger partial charge is 0.488 e. The van der Waals surface area contributed by atoms with Crippen LogP contribution in [0.3, 0.4) is 0 Å². The van der Waals surface area contributed by atoms with Crippen molar-refractivity contribution < 1.29 is 23.5 Å². The van der Waals surface area contributed by atoms with E-state index in [9.17, 15) is 14.0 Å². The van der Waals surface area contributed by atoms with Crippen molar-refractivity contribution in [1.29, 1.82) is 0 Å². The lowest BCUT2D eigenvalue weighted by molar-refractivity contribution is -0.137. The number of Topliss-reactive ketones (excluding diaryl/α,β-unsaturated/α-hetero) is 1. The monoisotopic (exact) mass is 268 g/mol. The van der Waals surface area contributed by atoms with Crippen LogP contribution in [0.25, 0.3) is 0 Å². The molecular formula is C14H17FO4. The highest BCUT2D eigenvalue weighted by Gasteiger charge is 2.24. The third-order valence-electron chi connectivity index (χ3n) is 2.25. The van der Waals surface area contributed by atoms with Gasteiger partial charge in [0.1, 0.15) is 0 Å². The predicted molar refractivity (Wildman–Crippen MR) is 67.9 cm³/mol. The van der Waals surface area contributed by atoms with Crippen molar-refractivity contribution in [3.05, 3.63) is 29.1 Å². The zero-order valence-corrected chi connectivity index (χ0v) is 11.5. The summed E-state index contributed by atoms with van der Waals surface area (Å²) in [6.45, 7) is 6.82. The Morgan fingerprint density at radius 3 is 2.47 bits per heavy atom. The Balaban J connectivity index is 3.17. The first kappa shape index (κ1) is 15.1. The van der Waals surface area contributed by atoms with Gasteiger partial charge in [-0.1, -0.05) is 0 Å². The lowest BCUT2D eigenvalue weighted by Gasteiger charge is -2.13. The van der Waals surface area contributed by atoms with Crippen LogP contribution in [0.2, 0.25) is 0 Å². The summed E-state index contributed by atoms with van der Waals surface area (Å²) < 4.78 is 24.0. The molecule has 0 aliphatic heterocycles. The van der Waals surface area contributed by atoms with Gasteiger partial charge < -0.3 is 9.47 Å². The molecule has 4 nitrogen and oxygen atoms in total. The second-order valence-electron chi connectivity index (χ2n) is 4.34. The highest BCUT2D eigenvalue weighted by Crippen LogP contribution is 2.24. The molecule has 5 heteroatoms. The van der Waals surface area contributed by atoms with Gasteiger partial charge in [-0.25, -0.2) is 9.18 Å². The number of carbonyl (C=O) groups is 2. The van der Waals surface area contributed by atoms with E-state index in [2.05, 4.69) is 4.74 Å². The van der Waals surface area contributed by atoms with Crippen molar-refractivity contribution in [3.63, 3.8) is 0 Å². The zero-order chi connectivity index (χ0) is 14.6. The van der Waals surface area contributed by atoms with E-state index >= 15 is 0 Å². The number of hydrogen-bond donors (Lipinski definition) is 0. The molecule has 0 amide bonds. The Labute approximate surface area is 111 Å². The molecule has 1 aromatic carbocycles. The van der Waals surface area contributed by atoms with Gasteiger partial charge in [0.2, 0.25) is 0 Å². The molecule has 0 aliphatic rings. The van der Waals surface area contributed by atoms with Gasteiger partial charge in [0.05, 0.1) is 18.3 Å². The smallest absolute Gasteiger partial charge is 0.379 e. The molecule has 0 saturated heterocycles. The van der Waals surface area contributed by atoms with Crippen molar-refractivity contribution in [3.8, 4) is 5.75 Å². The average molecular weight is 268 g/mol. The predicted octanol–water partition coefficient (Wildman–Crippen LogP) is 2.67. The molecule has 0 unspecified atom stereocenters. The minimum atomic E-state index is -1.07. The number of hydrogen-bond acceptors (Lipinski definition) is 4. The van der Waals surface area contributed by atoms with E-state index in [0.717, 1.165) is 0 Å². The first-order valence-electron chi connectivity index (χ1n) is 6.05. The van der Waals surface area contributed by atoms with Crippen LogP contribution in [0.1, 0.15) is 36.7 Å². The summed E-state index contributed by atoms with van der Waals surface area (Å²) in [4.78, 5) is 23.1. The van der Waals surface area contributed by atoms with Crippen LogP contribution >= 0.6 is 0 Å². The van der Waals surface area contributed by atoms with E-state index in [1.54, 1.807) is 27.7 Å². The molecule has 1 aromatic rings. The topological polar surface area (TPSA) is 52.6 Å². The van der Waals surface area contributed by atoms with Crippen LogP contribution in [0.4, 0.5) is 4.39 Å². The number of rotatable bonds is 5. The SMILES string of the molecule is CCOC(=O)C(=O)c1cc(C)cc(OC(C)C)c1F. The van der Waals surface area contributed by atoms with Crippen LogP contribution in [0, 0.1) is 12.7 Å². The molecule has 0 heterocycles. The molecule has 0 atom stereocenters. The lowest BCUT2D eigenvalue weighted by Crippen LogP contribution is -2.20. The maximum atomic E-state index is 14.1. The number of carbonyl (C=O) groups excluding carboxylic acids is 2. The fourth-order valence-corrected chi connectivity index (χ4v) is 1.55. The van der Waals surface area contributed by atoms with Crippen molar-refractivity contribution >= 4 is 11.8 Å². The zero-order valence-electron chi connectivity index (χ0n) is 11.5. The molecule has 0 aliphatic carbocycles. The lowest BCUT2D eigenvalue weighted by atomic mass is 10.1. The molecular weight excluding hydrogens is 251 g/mol. The van der Waals surface area contributed by atoms with Crippen LogP contribution in [0.5, 0.6) is 5.75 Å². The Hall–Kier alpha value is -1.91. The van der Waals surface area contributed by atoms with Crippen LogP contribution in [-0.4, -0.2) is 24.5 Å². The van der Waals surface area contributed by atoms with Crippen molar-refractivity contribution in [1.82, 2.24) is 0 Å². The summed E-state index contributed by atoms with van der Waals surface area (Å²) in [6.07, 6.45) is -0.234. The molecule has 104 valence electrons. The van der Waals surface area contributed by atoms with Gasteiger partial charge >= 0.3 is 5.97 Å². The Kier molecular flexibility index (Phi) is 5.03. The summed E-state index contributed by atoms with van der Waals surface area (Å²) >= 11 is 0. The van der Waals surface area contributed by atoms with E-state index in [-0.39, 0.29) is 24.0 Å². The highest BCUT2D eigenvalue weighted by atomic mass is 19.1. The minimum absolute atomic E-state index is 0.0392. The number of aryl methyl sites for hydroxylation is 1. The molecule has 0 N–H and O–H groups in total. The van der Waals surface area contributed by atoms with Gasteiger partial charge in [-0.15, -0.1) is 0 Å². The molecule has 19 heavy (non-hydrogen) atoms. The Bertz CT molecular complexity index is 494. The van der Waals surface area contributed by atoms with Crippen molar-refractivity contribution in [2.45, 2.75) is 33.8 Å². The summed E-state index contributed by atoms with van der Waals surface area (Å²) in [7, 11) is 0. The van der Waals surface area contributed by atoms with Gasteiger partial charge in [-0.3, -0.25) is 4.79 Å². The summed E-state index contributed by atoms with van der Waals surface area (Å²) in [5.74, 6) is -2.95. The first-order chi connectivity index (χ1) is 8.86. The maximum Gasteiger partial charge on any atom is 0.379 e. The van der Waals surface area contributed by atoms with Gasteiger partial charge in [0.25, 0.3) is 5.78 Å². The Morgan fingerprint density at radius 1 is 1.32 bits per heavy atom. The first-order valence-corrected chi connectivity index (χ1v) is 6.05. The standard InChI is InChI=1S/C14H17FO4/c1-5-18-14(17)13(16)10-6-9(4)7-11(12(10)15)19-8(2)3/h6-8H,5H2,1-4H3. The van der Waals surface area contributed by atoms with E-state index in [4.69, 9.17) is 4.74 Å². The summed E-state index contributed by atoms with van der Waals surface area (Å²) in [5.41, 5.74) is 0.304. The number of esters is 1. The average Bonchev–Trinajstić information content (AvgIpc) is 2.32. The molecule has 1 rings (SSSR count). The van der Waals surface area contributed by atoms with Crippen LogP contribution in [-0.2, 0) is 9.53 Å². The van der Waals surface area contributed by atoms with E-state index in [1.807, 2.05) is 0 Å². The summed E-state index contributed by atoms with van der Waals surface area (Å²) in [6, 6.07) is 2.79. The fourth-order valence-electron chi connectivity index (χ4n) is 1.55.